The van der Waals surface area contributed by atoms with E-state index in [9.17, 15) is 23.1 Å². The Morgan fingerprint density at radius 1 is 1.23 bits per heavy atom. The molecule has 0 saturated heterocycles. The van der Waals surface area contributed by atoms with E-state index in [0.29, 0.717) is 16.6 Å². The predicted octanol–water partition coefficient (Wildman–Crippen LogP) is 3.07. The number of aliphatic imine (C=N–C) groups is 1. The number of amides is 1. The number of hydrogen-bond acceptors (Lipinski definition) is 8. The number of carbonyl (C=O) groups excluding carboxylic acids is 1. The Morgan fingerprint density at radius 2 is 2.03 bits per heavy atom. The smallest absolute Gasteiger partial charge is 0.419 e. The summed E-state index contributed by atoms with van der Waals surface area (Å²) < 4.78 is 41.7. The molecule has 0 unspecified atom stereocenters. The summed E-state index contributed by atoms with van der Waals surface area (Å²) in [5.41, 5.74) is -0.884. The number of H-pyrrole nitrogens is 1. The number of fused-ring (bicyclic) bond motifs is 1. The highest BCUT2D eigenvalue weighted by Crippen LogP contribution is 2.40. The van der Waals surface area contributed by atoms with Gasteiger partial charge in [-0.25, -0.2) is 4.98 Å². The molecule has 2 aromatic heterocycles. The van der Waals surface area contributed by atoms with Gasteiger partial charge in [0.1, 0.15) is 5.69 Å². The fourth-order valence-corrected chi connectivity index (χ4v) is 3.41. The van der Waals surface area contributed by atoms with Crippen molar-refractivity contribution in [3.05, 3.63) is 47.5 Å². The van der Waals surface area contributed by atoms with Crippen LogP contribution in [0.5, 0.6) is 0 Å². The van der Waals surface area contributed by atoms with Crippen molar-refractivity contribution in [3.63, 3.8) is 0 Å². The summed E-state index contributed by atoms with van der Waals surface area (Å²) in [6.45, 7) is -0.168. The number of hydrogen-bond donors (Lipinski definition) is 4. The van der Waals surface area contributed by atoms with Crippen LogP contribution in [0.4, 0.5) is 18.9 Å². The molecule has 4 rings (SSSR count). The van der Waals surface area contributed by atoms with E-state index in [-0.39, 0.29) is 23.0 Å². The lowest BCUT2D eigenvalue weighted by Gasteiger charge is -2.19. The van der Waals surface area contributed by atoms with E-state index in [1.807, 2.05) is 0 Å². The molecule has 3 aromatic rings. The van der Waals surface area contributed by atoms with Gasteiger partial charge in [0, 0.05) is 5.39 Å². The molecule has 0 radical (unpaired) electrons. The third-order valence-corrected chi connectivity index (χ3v) is 5.06. The Morgan fingerprint density at radius 3 is 2.68 bits per heavy atom. The summed E-state index contributed by atoms with van der Waals surface area (Å²) >= 11 is 1.22. The van der Waals surface area contributed by atoms with Gasteiger partial charge in [-0.1, -0.05) is 11.8 Å². The molecule has 0 aliphatic carbocycles. The molecule has 0 saturated carbocycles. The number of thioether (sulfide) groups is 1. The van der Waals surface area contributed by atoms with E-state index >= 15 is 0 Å². The normalized spacial score (nSPS) is 14.4. The van der Waals surface area contributed by atoms with E-state index in [2.05, 4.69) is 36.0 Å². The van der Waals surface area contributed by atoms with Gasteiger partial charge in [-0.15, -0.1) is 0 Å². The zero-order valence-electron chi connectivity index (χ0n) is 15.8. The molecule has 0 fully saturated rings. The van der Waals surface area contributed by atoms with Crippen molar-refractivity contribution in [2.45, 2.75) is 6.18 Å². The number of carbonyl (C=O) groups is 1. The number of pyridine rings is 1. The molecular formula is C18H14F3N7O2S. The fourth-order valence-electron chi connectivity index (χ4n) is 3.02. The van der Waals surface area contributed by atoms with E-state index in [1.165, 1.54) is 36.2 Å². The summed E-state index contributed by atoms with van der Waals surface area (Å²) in [4.78, 5) is 20.8. The van der Waals surface area contributed by atoms with Crippen molar-refractivity contribution >= 4 is 39.4 Å². The molecule has 1 aromatic carbocycles. The lowest BCUT2D eigenvalue weighted by molar-refractivity contribution is -0.135. The summed E-state index contributed by atoms with van der Waals surface area (Å²) in [5.74, 6) is -1.35. The summed E-state index contributed by atoms with van der Waals surface area (Å²) in [6.07, 6.45) is -1.65. The second-order valence-electron chi connectivity index (χ2n) is 6.34. The first-order valence-corrected chi connectivity index (χ1v) is 9.96. The second kappa shape index (κ2) is 7.91. The lowest BCUT2D eigenvalue weighted by atomic mass is 10.0. The van der Waals surface area contributed by atoms with Gasteiger partial charge in [0.05, 0.1) is 40.8 Å². The SMILES string of the molecule is CSC1=NCC(C(=O)Nc2ccc3nc(-c4cn[nH]n4)ccc3c2C(F)(F)F)=C(O)N1. The molecule has 1 aliphatic heterocycles. The van der Waals surface area contributed by atoms with E-state index in [1.54, 1.807) is 6.26 Å². The molecule has 1 aliphatic rings. The second-order valence-corrected chi connectivity index (χ2v) is 7.13. The van der Waals surface area contributed by atoms with Crippen LogP contribution >= 0.6 is 11.8 Å². The minimum atomic E-state index is -4.77. The number of rotatable bonds is 3. The summed E-state index contributed by atoms with van der Waals surface area (Å²) in [6, 6.07) is 5.13. The Balaban J connectivity index is 1.72. The van der Waals surface area contributed by atoms with Gasteiger partial charge in [-0.05, 0) is 30.5 Å². The maximum atomic E-state index is 13.9. The van der Waals surface area contributed by atoms with Crippen LogP contribution in [0, 0.1) is 0 Å². The Kier molecular flexibility index (Phi) is 5.27. The average molecular weight is 449 g/mol. The molecular weight excluding hydrogens is 435 g/mol. The highest BCUT2D eigenvalue weighted by atomic mass is 32.2. The van der Waals surface area contributed by atoms with Gasteiger partial charge < -0.3 is 15.7 Å². The van der Waals surface area contributed by atoms with Crippen molar-refractivity contribution in [3.8, 4) is 11.4 Å². The quantitative estimate of drug-likeness (QED) is 0.484. The number of halogens is 3. The van der Waals surface area contributed by atoms with Crippen molar-refractivity contribution in [2.75, 3.05) is 18.1 Å². The molecule has 0 atom stereocenters. The molecule has 0 bridgehead atoms. The minimum absolute atomic E-state index is 0.0708. The van der Waals surface area contributed by atoms with Crippen molar-refractivity contribution in [1.82, 2.24) is 25.7 Å². The fraction of sp³-hybridized carbons (Fsp3) is 0.167. The molecule has 13 heteroatoms. The van der Waals surface area contributed by atoms with Gasteiger partial charge >= 0.3 is 6.18 Å². The number of aromatic nitrogens is 4. The molecule has 3 heterocycles. The number of aromatic amines is 1. The van der Waals surface area contributed by atoms with Gasteiger partial charge in [-0.3, -0.25) is 9.79 Å². The number of amidine groups is 1. The molecule has 1 amide bonds. The van der Waals surface area contributed by atoms with Crippen LogP contribution in [0.25, 0.3) is 22.3 Å². The van der Waals surface area contributed by atoms with Crippen LogP contribution in [-0.4, -0.2) is 49.4 Å². The zero-order chi connectivity index (χ0) is 22.2. The lowest BCUT2D eigenvalue weighted by Crippen LogP contribution is -2.31. The average Bonchev–Trinajstić information content (AvgIpc) is 3.27. The van der Waals surface area contributed by atoms with Crippen LogP contribution in [0.2, 0.25) is 0 Å². The maximum Gasteiger partial charge on any atom is 0.419 e. The molecule has 0 spiro atoms. The standard InChI is InChI=1S/C18H14F3N7O2S/c1-31-17-22-6-9(16(30)26-17)15(29)25-12-5-4-10-8(14(12)18(19,20)21)2-3-11(24-10)13-7-23-28-27-13/h2-5,7,30H,6H2,1H3,(H,22,26)(H,25,29)(H,23,27,28). The Labute approximate surface area is 176 Å². The number of benzene rings is 1. The molecule has 31 heavy (non-hydrogen) atoms. The predicted molar refractivity (Wildman–Crippen MR) is 109 cm³/mol. The zero-order valence-corrected chi connectivity index (χ0v) is 16.6. The number of aliphatic hydroxyl groups is 1. The van der Waals surface area contributed by atoms with E-state index in [4.69, 9.17) is 0 Å². The molecule has 4 N–H and O–H groups in total. The third-order valence-electron chi connectivity index (χ3n) is 4.44. The highest BCUT2D eigenvalue weighted by Gasteiger charge is 2.37. The topological polar surface area (TPSA) is 128 Å². The summed E-state index contributed by atoms with van der Waals surface area (Å²) in [7, 11) is 0. The van der Waals surface area contributed by atoms with Crippen LogP contribution in [0.3, 0.4) is 0 Å². The Hall–Kier alpha value is -3.61. The number of nitrogens with zero attached hydrogens (tertiary/aromatic N) is 4. The highest BCUT2D eigenvalue weighted by molar-refractivity contribution is 8.13. The van der Waals surface area contributed by atoms with Crippen LogP contribution in [0.15, 0.2) is 46.9 Å². The first-order chi connectivity index (χ1) is 14.8. The van der Waals surface area contributed by atoms with Gasteiger partial charge in [0.15, 0.2) is 5.17 Å². The van der Waals surface area contributed by atoms with E-state index < -0.39 is 29.2 Å². The van der Waals surface area contributed by atoms with Crippen molar-refractivity contribution in [1.29, 1.82) is 0 Å². The minimum Gasteiger partial charge on any atom is -0.494 e. The van der Waals surface area contributed by atoms with Crippen LogP contribution in [0.1, 0.15) is 5.56 Å². The number of aliphatic hydroxyl groups excluding tert-OH is 1. The molecule has 9 nitrogen and oxygen atoms in total. The first kappa shape index (κ1) is 20.7. The third kappa shape index (κ3) is 4.03. The van der Waals surface area contributed by atoms with E-state index in [0.717, 1.165) is 6.07 Å². The first-order valence-electron chi connectivity index (χ1n) is 8.74. The number of anilines is 1. The van der Waals surface area contributed by atoms with Crippen LogP contribution in [-0.2, 0) is 11.0 Å². The van der Waals surface area contributed by atoms with Gasteiger partial charge in [0.25, 0.3) is 5.91 Å². The van der Waals surface area contributed by atoms with Gasteiger partial charge in [0.2, 0.25) is 5.88 Å². The number of nitrogens with one attached hydrogen (secondary N) is 3. The van der Waals surface area contributed by atoms with Gasteiger partial charge in [-0.2, -0.15) is 28.6 Å². The largest absolute Gasteiger partial charge is 0.494 e. The summed E-state index contributed by atoms with van der Waals surface area (Å²) in [5, 5.41) is 24.9. The van der Waals surface area contributed by atoms with Crippen LogP contribution < -0.4 is 10.6 Å². The monoisotopic (exact) mass is 449 g/mol. The number of alkyl halides is 3. The van der Waals surface area contributed by atoms with Crippen molar-refractivity contribution in [2.24, 2.45) is 4.99 Å². The van der Waals surface area contributed by atoms with Crippen molar-refractivity contribution < 1.29 is 23.1 Å². The maximum absolute atomic E-state index is 13.9. The Bertz CT molecular complexity index is 1220. The molecule has 160 valence electrons.